The summed E-state index contributed by atoms with van der Waals surface area (Å²) in [4.78, 5) is 23.3. The van der Waals surface area contributed by atoms with Crippen molar-refractivity contribution in [2.24, 2.45) is 0 Å². The molecule has 0 fully saturated rings. The second kappa shape index (κ2) is 8.75. The molecule has 0 saturated carbocycles. The molecule has 0 aromatic heterocycles. The standard InChI is InChI=1S/C19H21NO6/c1-12(2)26-17-9-4-13(19(22)23)10-16(17)20-18(21)11-25-15-7-5-14(24-3)6-8-15/h4-10,12H,11H2,1-3H3,(H,20,21)(H,22,23). The lowest BCUT2D eigenvalue weighted by Gasteiger charge is -2.16. The Labute approximate surface area is 151 Å². The maximum Gasteiger partial charge on any atom is 0.335 e. The molecule has 0 saturated heterocycles. The molecule has 138 valence electrons. The van der Waals surface area contributed by atoms with E-state index >= 15 is 0 Å². The zero-order valence-electron chi connectivity index (χ0n) is 14.8. The molecule has 2 N–H and O–H groups in total. The highest BCUT2D eigenvalue weighted by Crippen LogP contribution is 2.27. The van der Waals surface area contributed by atoms with E-state index in [1.807, 2.05) is 13.8 Å². The van der Waals surface area contributed by atoms with Gasteiger partial charge in [0.25, 0.3) is 5.91 Å². The summed E-state index contributed by atoms with van der Waals surface area (Å²) < 4.78 is 16.1. The minimum absolute atomic E-state index is 0.0486. The summed E-state index contributed by atoms with van der Waals surface area (Å²) in [6, 6.07) is 11.1. The summed E-state index contributed by atoms with van der Waals surface area (Å²) in [6.45, 7) is 3.44. The largest absolute Gasteiger partial charge is 0.497 e. The predicted molar refractivity (Wildman–Crippen MR) is 96.3 cm³/mol. The molecule has 0 bridgehead atoms. The van der Waals surface area contributed by atoms with E-state index in [-0.39, 0.29) is 24.0 Å². The second-order valence-corrected chi connectivity index (χ2v) is 5.70. The lowest BCUT2D eigenvalue weighted by molar-refractivity contribution is -0.118. The van der Waals surface area contributed by atoms with Crippen LogP contribution in [-0.2, 0) is 4.79 Å². The summed E-state index contributed by atoms with van der Waals surface area (Å²) in [5.41, 5.74) is 0.328. The van der Waals surface area contributed by atoms with Gasteiger partial charge in [-0.2, -0.15) is 0 Å². The molecule has 0 unspecified atom stereocenters. The number of rotatable bonds is 8. The van der Waals surface area contributed by atoms with Crippen molar-refractivity contribution in [1.82, 2.24) is 0 Å². The zero-order chi connectivity index (χ0) is 19.1. The third-order valence-corrected chi connectivity index (χ3v) is 3.29. The third kappa shape index (κ3) is 5.41. The van der Waals surface area contributed by atoms with Gasteiger partial charge in [-0.25, -0.2) is 4.79 Å². The fourth-order valence-corrected chi connectivity index (χ4v) is 2.12. The first kappa shape index (κ1) is 19.1. The molecule has 1 amide bonds. The van der Waals surface area contributed by atoms with Crippen molar-refractivity contribution in [3.63, 3.8) is 0 Å². The van der Waals surface area contributed by atoms with Gasteiger partial charge >= 0.3 is 5.97 Å². The van der Waals surface area contributed by atoms with Crippen molar-refractivity contribution >= 4 is 17.6 Å². The Morgan fingerprint density at radius 1 is 1.08 bits per heavy atom. The number of hydrogen-bond donors (Lipinski definition) is 2. The number of carboxylic acid groups (broad SMARTS) is 1. The Morgan fingerprint density at radius 2 is 1.73 bits per heavy atom. The van der Waals surface area contributed by atoms with Gasteiger partial charge in [0, 0.05) is 0 Å². The molecule has 2 rings (SSSR count). The van der Waals surface area contributed by atoms with Crippen LogP contribution in [0.15, 0.2) is 42.5 Å². The van der Waals surface area contributed by atoms with E-state index in [1.54, 1.807) is 31.4 Å². The van der Waals surface area contributed by atoms with E-state index in [2.05, 4.69) is 5.32 Å². The molecule has 2 aromatic rings. The molecule has 0 aliphatic rings. The van der Waals surface area contributed by atoms with Gasteiger partial charge in [0.1, 0.15) is 17.2 Å². The molecule has 0 atom stereocenters. The fourth-order valence-electron chi connectivity index (χ4n) is 2.12. The monoisotopic (exact) mass is 359 g/mol. The maximum absolute atomic E-state index is 12.2. The molecular weight excluding hydrogens is 338 g/mol. The molecule has 7 nitrogen and oxygen atoms in total. The van der Waals surface area contributed by atoms with Crippen LogP contribution in [-0.4, -0.2) is 36.8 Å². The van der Waals surface area contributed by atoms with Crippen LogP contribution >= 0.6 is 0 Å². The molecule has 0 aliphatic heterocycles. The summed E-state index contributed by atoms with van der Waals surface area (Å²) in [5, 5.41) is 11.7. The SMILES string of the molecule is COc1ccc(OCC(=O)Nc2cc(C(=O)O)ccc2OC(C)C)cc1. The predicted octanol–water partition coefficient (Wildman–Crippen LogP) is 3.20. The average Bonchev–Trinajstić information content (AvgIpc) is 2.61. The number of carbonyl (C=O) groups excluding carboxylic acids is 1. The number of hydrogen-bond acceptors (Lipinski definition) is 5. The highest BCUT2D eigenvalue weighted by Gasteiger charge is 2.13. The second-order valence-electron chi connectivity index (χ2n) is 5.70. The lowest BCUT2D eigenvalue weighted by Crippen LogP contribution is -2.21. The number of carboxylic acids is 1. The van der Waals surface area contributed by atoms with Crippen molar-refractivity contribution in [3.8, 4) is 17.2 Å². The molecule has 2 aromatic carbocycles. The minimum Gasteiger partial charge on any atom is -0.497 e. The van der Waals surface area contributed by atoms with Gasteiger partial charge in [-0.3, -0.25) is 4.79 Å². The van der Waals surface area contributed by atoms with Crippen LogP contribution in [0.1, 0.15) is 24.2 Å². The molecule has 0 spiro atoms. The molecule has 0 heterocycles. The first-order valence-electron chi connectivity index (χ1n) is 7.99. The number of ether oxygens (including phenoxy) is 3. The third-order valence-electron chi connectivity index (χ3n) is 3.29. The number of carbonyl (C=O) groups is 2. The van der Waals surface area contributed by atoms with Gasteiger partial charge in [-0.15, -0.1) is 0 Å². The highest BCUT2D eigenvalue weighted by atomic mass is 16.5. The van der Waals surface area contributed by atoms with Crippen LogP contribution in [0.3, 0.4) is 0 Å². The topological polar surface area (TPSA) is 94.1 Å². The van der Waals surface area contributed by atoms with Crippen molar-refractivity contribution in [3.05, 3.63) is 48.0 Å². The van der Waals surface area contributed by atoms with E-state index in [4.69, 9.17) is 19.3 Å². The number of nitrogens with one attached hydrogen (secondary N) is 1. The van der Waals surface area contributed by atoms with Crippen LogP contribution in [0, 0.1) is 0 Å². The van der Waals surface area contributed by atoms with Crippen molar-refractivity contribution in [2.75, 3.05) is 19.0 Å². The van der Waals surface area contributed by atoms with Gasteiger partial charge < -0.3 is 24.6 Å². The number of methoxy groups -OCH3 is 1. The number of amides is 1. The first-order valence-corrected chi connectivity index (χ1v) is 7.99. The molecule has 26 heavy (non-hydrogen) atoms. The van der Waals surface area contributed by atoms with E-state index in [1.165, 1.54) is 18.2 Å². The number of anilines is 1. The van der Waals surface area contributed by atoms with Crippen LogP contribution < -0.4 is 19.5 Å². The highest BCUT2D eigenvalue weighted by molar-refractivity contribution is 5.96. The number of aromatic carboxylic acids is 1. The first-order chi connectivity index (χ1) is 12.4. The average molecular weight is 359 g/mol. The Bertz CT molecular complexity index is 770. The van der Waals surface area contributed by atoms with Crippen molar-refractivity contribution < 1.29 is 28.9 Å². The fraction of sp³-hybridized carbons (Fsp3) is 0.263. The lowest BCUT2D eigenvalue weighted by atomic mass is 10.2. The van der Waals surface area contributed by atoms with Crippen molar-refractivity contribution in [1.29, 1.82) is 0 Å². The Hall–Kier alpha value is -3.22. The quantitative estimate of drug-likeness (QED) is 0.752. The van der Waals surface area contributed by atoms with Crippen LogP contribution in [0.25, 0.3) is 0 Å². The maximum atomic E-state index is 12.2. The van der Waals surface area contributed by atoms with Crippen LogP contribution in [0.5, 0.6) is 17.2 Å². The minimum atomic E-state index is -1.09. The van der Waals surface area contributed by atoms with E-state index in [9.17, 15) is 9.59 Å². The van der Waals surface area contributed by atoms with E-state index < -0.39 is 11.9 Å². The normalized spacial score (nSPS) is 10.3. The smallest absolute Gasteiger partial charge is 0.335 e. The van der Waals surface area contributed by atoms with Gasteiger partial charge in [-0.1, -0.05) is 0 Å². The molecule has 0 radical (unpaired) electrons. The van der Waals surface area contributed by atoms with Gasteiger partial charge in [-0.05, 0) is 56.3 Å². The Balaban J connectivity index is 2.05. The molecular formula is C19H21NO6. The molecule has 0 aliphatic carbocycles. The number of benzene rings is 2. The summed E-state index contributed by atoms with van der Waals surface area (Å²) in [6.07, 6.45) is -0.128. The zero-order valence-corrected chi connectivity index (χ0v) is 14.8. The summed E-state index contributed by atoms with van der Waals surface area (Å²) >= 11 is 0. The van der Waals surface area contributed by atoms with E-state index in [0.717, 1.165) is 0 Å². The van der Waals surface area contributed by atoms with Crippen molar-refractivity contribution in [2.45, 2.75) is 20.0 Å². The Kier molecular flexibility index (Phi) is 6.43. The molecule has 7 heteroatoms. The Morgan fingerprint density at radius 3 is 2.31 bits per heavy atom. The summed E-state index contributed by atoms with van der Waals surface area (Å²) in [7, 11) is 1.56. The van der Waals surface area contributed by atoms with Crippen LogP contribution in [0.2, 0.25) is 0 Å². The van der Waals surface area contributed by atoms with E-state index in [0.29, 0.717) is 17.2 Å². The van der Waals surface area contributed by atoms with Gasteiger partial charge in [0.05, 0.1) is 24.5 Å². The summed E-state index contributed by atoms with van der Waals surface area (Å²) in [5.74, 6) is 0.0625. The van der Waals surface area contributed by atoms with Gasteiger partial charge in [0.2, 0.25) is 0 Å². The van der Waals surface area contributed by atoms with Crippen LogP contribution in [0.4, 0.5) is 5.69 Å². The van der Waals surface area contributed by atoms with Gasteiger partial charge in [0.15, 0.2) is 6.61 Å².